The number of anilines is 1. The first kappa shape index (κ1) is 12.6. The molecule has 1 aromatic heterocycles. The van der Waals surface area contributed by atoms with Gasteiger partial charge in [0.25, 0.3) is 0 Å². The summed E-state index contributed by atoms with van der Waals surface area (Å²) < 4.78 is 52.6. The van der Waals surface area contributed by atoms with Crippen molar-refractivity contribution in [1.82, 2.24) is 9.97 Å². The van der Waals surface area contributed by atoms with Crippen LogP contribution in [0.3, 0.4) is 0 Å². The Morgan fingerprint density at radius 1 is 1.44 bits per heavy atom. The third-order valence-electron chi connectivity index (χ3n) is 1.57. The third kappa shape index (κ3) is 3.61. The number of halogens is 4. The van der Waals surface area contributed by atoms with E-state index >= 15 is 0 Å². The molecule has 0 fully saturated rings. The summed E-state index contributed by atoms with van der Waals surface area (Å²) in [4.78, 5) is 7.30. The SMILES string of the molecule is Nc1ccnc(COCC(F)(F)C(F)F)n1. The Bertz CT molecular complexity index is 348. The second kappa shape index (κ2) is 5.06. The third-order valence-corrected chi connectivity index (χ3v) is 1.57. The van der Waals surface area contributed by atoms with Crippen LogP contribution in [0.5, 0.6) is 0 Å². The molecule has 0 spiro atoms. The lowest BCUT2D eigenvalue weighted by Gasteiger charge is -2.14. The fourth-order valence-electron chi connectivity index (χ4n) is 0.826. The van der Waals surface area contributed by atoms with Crippen molar-refractivity contribution in [3.63, 3.8) is 0 Å². The highest BCUT2D eigenvalue weighted by molar-refractivity contribution is 5.24. The zero-order chi connectivity index (χ0) is 12.2. The highest BCUT2D eigenvalue weighted by Crippen LogP contribution is 2.23. The number of aromatic nitrogens is 2. The van der Waals surface area contributed by atoms with Crippen molar-refractivity contribution in [1.29, 1.82) is 0 Å². The number of alkyl halides is 4. The maximum Gasteiger partial charge on any atom is 0.330 e. The molecule has 2 N–H and O–H groups in total. The second-order valence-corrected chi connectivity index (χ2v) is 2.95. The van der Waals surface area contributed by atoms with Crippen molar-refractivity contribution < 1.29 is 22.3 Å². The van der Waals surface area contributed by atoms with Gasteiger partial charge in [0.15, 0.2) is 5.82 Å². The van der Waals surface area contributed by atoms with Crippen LogP contribution in [0.25, 0.3) is 0 Å². The van der Waals surface area contributed by atoms with E-state index in [9.17, 15) is 17.6 Å². The van der Waals surface area contributed by atoms with Gasteiger partial charge in [0.1, 0.15) is 19.0 Å². The standard InChI is InChI=1S/C8H9F4N3O/c9-7(10)8(11,12)4-16-3-6-14-2-1-5(13)15-6/h1-2,7H,3-4H2,(H2,13,14,15). The summed E-state index contributed by atoms with van der Waals surface area (Å²) in [5.74, 6) is -3.96. The first-order chi connectivity index (χ1) is 7.42. The van der Waals surface area contributed by atoms with Gasteiger partial charge >= 0.3 is 12.3 Å². The highest BCUT2D eigenvalue weighted by Gasteiger charge is 2.40. The number of nitrogens with two attached hydrogens (primary N) is 1. The normalized spacial score (nSPS) is 12.1. The van der Waals surface area contributed by atoms with Crippen LogP contribution in [0.15, 0.2) is 12.3 Å². The van der Waals surface area contributed by atoms with Crippen LogP contribution in [-0.2, 0) is 11.3 Å². The summed E-state index contributed by atoms with van der Waals surface area (Å²) in [6.07, 6.45) is -2.44. The lowest BCUT2D eigenvalue weighted by Crippen LogP contribution is -2.32. The van der Waals surface area contributed by atoms with Crippen molar-refractivity contribution in [3.8, 4) is 0 Å². The average Bonchev–Trinajstić information content (AvgIpc) is 2.17. The molecule has 1 aromatic rings. The average molecular weight is 239 g/mol. The fourth-order valence-corrected chi connectivity index (χ4v) is 0.826. The molecule has 0 aromatic carbocycles. The Balaban J connectivity index is 2.42. The van der Waals surface area contributed by atoms with E-state index in [2.05, 4.69) is 14.7 Å². The smallest absolute Gasteiger partial charge is 0.330 e. The molecular formula is C8H9F4N3O. The number of hydrogen-bond donors (Lipinski definition) is 1. The van der Waals surface area contributed by atoms with Crippen molar-refractivity contribution in [3.05, 3.63) is 18.1 Å². The Labute approximate surface area is 88.4 Å². The predicted molar refractivity (Wildman–Crippen MR) is 47.1 cm³/mol. The fraction of sp³-hybridized carbons (Fsp3) is 0.500. The van der Waals surface area contributed by atoms with Gasteiger partial charge in [0.05, 0.1) is 0 Å². The summed E-state index contributed by atoms with van der Waals surface area (Å²) >= 11 is 0. The maximum atomic E-state index is 12.4. The lowest BCUT2D eigenvalue weighted by atomic mass is 10.4. The molecule has 1 rings (SSSR count). The molecule has 0 saturated heterocycles. The monoisotopic (exact) mass is 239 g/mol. The molecule has 1 heterocycles. The summed E-state index contributed by atoms with van der Waals surface area (Å²) in [6.45, 7) is -1.78. The molecule has 0 atom stereocenters. The Kier molecular flexibility index (Phi) is 3.99. The lowest BCUT2D eigenvalue weighted by molar-refractivity contribution is -0.168. The summed E-state index contributed by atoms with van der Waals surface area (Å²) in [5.41, 5.74) is 5.29. The number of ether oxygens (including phenoxy) is 1. The van der Waals surface area contributed by atoms with Crippen LogP contribution in [0.4, 0.5) is 23.4 Å². The van der Waals surface area contributed by atoms with Crippen molar-refractivity contribution in [2.75, 3.05) is 12.3 Å². The molecule has 0 unspecified atom stereocenters. The van der Waals surface area contributed by atoms with E-state index in [1.165, 1.54) is 12.3 Å². The molecule has 0 aliphatic carbocycles. The molecule has 16 heavy (non-hydrogen) atoms. The van der Waals surface area contributed by atoms with Gasteiger partial charge in [-0.15, -0.1) is 0 Å². The summed E-state index contributed by atoms with van der Waals surface area (Å²) in [7, 11) is 0. The van der Waals surface area contributed by atoms with E-state index in [1.807, 2.05) is 0 Å². The summed E-state index contributed by atoms with van der Waals surface area (Å²) in [6, 6.07) is 1.40. The quantitative estimate of drug-likeness (QED) is 0.790. The van der Waals surface area contributed by atoms with E-state index in [4.69, 9.17) is 5.73 Å². The van der Waals surface area contributed by atoms with Gasteiger partial charge in [-0.25, -0.2) is 18.7 Å². The van der Waals surface area contributed by atoms with Gasteiger partial charge in [-0.2, -0.15) is 8.78 Å². The van der Waals surface area contributed by atoms with Crippen LogP contribution < -0.4 is 5.73 Å². The van der Waals surface area contributed by atoms with E-state index in [-0.39, 0.29) is 11.6 Å². The molecular weight excluding hydrogens is 230 g/mol. The van der Waals surface area contributed by atoms with Crippen LogP contribution in [-0.4, -0.2) is 28.9 Å². The molecule has 0 amide bonds. The van der Waals surface area contributed by atoms with E-state index in [1.54, 1.807) is 0 Å². The van der Waals surface area contributed by atoms with Crippen LogP contribution in [0, 0.1) is 0 Å². The van der Waals surface area contributed by atoms with Crippen molar-refractivity contribution >= 4 is 5.82 Å². The van der Waals surface area contributed by atoms with Crippen LogP contribution in [0.1, 0.15) is 5.82 Å². The van der Waals surface area contributed by atoms with Gasteiger partial charge in [0, 0.05) is 6.20 Å². The van der Waals surface area contributed by atoms with E-state index in [0.29, 0.717) is 0 Å². The van der Waals surface area contributed by atoms with E-state index in [0.717, 1.165) is 0 Å². The molecule has 8 heteroatoms. The number of nitrogen functional groups attached to an aromatic ring is 1. The molecule has 0 aliphatic heterocycles. The van der Waals surface area contributed by atoms with Crippen molar-refractivity contribution in [2.45, 2.75) is 19.0 Å². The van der Waals surface area contributed by atoms with Crippen LogP contribution >= 0.6 is 0 Å². The van der Waals surface area contributed by atoms with Gasteiger partial charge in [-0.1, -0.05) is 0 Å². The molecule has 0 radical (unpaired) electrons. The van der Waals surface area contributed by atoms with Gasteiger partial charge in [-0.3, -0.25) is 0 Å². The minimum absolute atomic E-state index is 0.0602. The largest absolute Gasteiger partial charge is 0.384 e. The van der Waals surface area contributed by atoms with Crippen molar-refractivity contribution in [2.24, 2.45) is 0 Å². The zero-order valence-electron chi connectivity index (χ0n) is 8.04. The first-order valence-corrected chi connectivity index (χ1v) is 4.23. The first-order valence-electron chi connectivity index (χ1n) is 4.23. The number of rotatable bonds is 5. The van der Waals surface area contributed by atoms with Gasteiger partial charge in [0.2, 0.25) is 0 Å². The zero-order valence-corrected chi connectivity index (χ0v) is 8.04. The Hall–Kier alpha value is -1.44. The molecule has 0 saturated carbocycles. The maximum absolute atomic E-state index is 12.4. The summed E-state index contributed by atoms with van der Waals surface area (Å²) in [5, 5.41) is 0. The molecule has 90 valence electrons. The Morgan fingerprint density at radius 2 is 2.12 bits per heavy atom. The molecule has 4 nitrogen and oxygen atoms in total. The predicted octanol–water partition coefficient (Wildman–Crippen LogP) is 1.48. The second-order valence-electron chi connectivity index (χ2n) is 2.95. The molecule has 0 bridgehead atoms. The minimum atomic E-state index is -4.17. The minimum Gasteiger partial charge on any atom is -0.384 e. The number of hydrogen-bond acceptors (Lipinski definition) is 4. The highest BCUT2D eigenvalue weighted by atomic mass is 19.3. The van der Waals surface area contributed by atoms with Gasteiger partial charge < -0.3 is 10.5 Å². The van der Waals surface area contributed by atoms with Crippen LogP contribution in [0.2, 0.25) is 0 Å². The topological polar surface area (TPSA) is 61.0 Å². The molecule has 0 aliphatic rings. The van der Waals surface area contributed by atoms with E-state index < -0.39 is 25.6 Å². The number of nitrogens with zero attached hydrogens (tertiary/aromatic N) is 2. The Morgan fingerprint density at radius 3 is 2.69 bits per heavy atom. The van der Waals surface area contributed by atoms with Gasteiger partial charge in [-0.05, 0) is 6.07 Å².